The normalized spacial score (nSPS) is 12.4. The van der Waals surface area contributed by atoms with Gasteiger partial charge in [0.1, 0.15) is 5.75 Å². The molecule has 0 aliphatic rings. The van der Waals surface area contributed by atoms with Crippen molar-refractivity contribution in [1.29, 1.82) is 0 Å². The van der Waals surface area contributed by atoms with Crippen molar-refractivity contribution in [3.05, 3.63) is 48.6 Å². The lowest BCUT2D eigenvalue weighted by molar-refractivity contribution is 0.415. The minimum absolute atomic E-state index is 0.0862. The van der Waals surface area contributed by atoms with Crippen molar-refractivity contribution in [3.8, 4) is 17.2 Å². The highest BCUT2D eigenvalue weighted by molar-refractivity contribution is 7.99. The van der Waals surface area contributed by atoms with Gasteiger partial charge in [0.2, 0.25) is 16.9 Å². The van der Waals surface area contributed by atoms with E-state index in [1.165, 1.54) is 11.8 Å². The Labute approximate surface area is 147 Å². The Morgan fingerprint density at radius 1 is 1.20 bits per heavy atom. The van der Waals surface area contributed by atoms with Gasteiger partial charge in [0, 0.05) is 18.0 Å². The van der Waals surface area contributed by atoms with Gasteiger partial charge in [0.25, 0.3) is 5.78 Å². The highest BCUT2D eigenvalue weighted by Crippen LogP contribution is 2.33. The van der Waals surface area contributed by atoms with Crippen LogP contribution in [-0.4, -0.2) is 36.9 Å². The molecule has 0 saturated heterocycles. The van der Waals surface area contributed by atoms with E-state index in [0.717, 1.165) is 11.3 Å². The van der Waals surface area contributed by atoms with Crippen LogP contribution < -0.4 is 4.74 Å². The van der Waals surface area contributed by atoms with E-state index >= 15 is 0 Å². The maximum absolute atomic E-state index is 5.79. The summed E-state index contributed by atoms with van der Waals surface area (Å²) in [5, 5.41) is 13.1. The third-order valence-electron chi connectivity index (χ3n) is 3.50. The van der Waals surface area contributed by atoms with E-state index in [9.17, 15) is 0 Å². The van der Waals surface area contributed by atoms with Crippen LogP contribution in [-0.2, 0) is 0 Å². The van der Waals surface area contributed by atoms with E-state index in [-0.39, 0.29) is 5.25 Å². The summed E-state index contributed by atoms with van der Waals surface area (Å²) in [5.74, 6) is 2.32. The summed E-state index contributed by atoms with van der Waals surface area (Å²) in [4.78, 5) is 8.52. The van der Waals surface area contributed by atoms with Crippen LogP contribution in [0.4, 0.5) is 0 Å². The van der Waals surface area contributed by atoms with Crippen molar-refractivity contribution in [3.63, 3.8) is 0 Å². The van der Waals surface area contributed by atoms with Crippen molar-refractivity contribution in [1.82, 2.24) is 29.8 Å². The fraction of sp³-hybridized carbons (Fsp3) is 0.188. The number of ether oxygens (including phenoxy) is 1. The summed E-state index contributed by atoms with van der Waals surface area (Å²) in [6.45, 7) is 1.97. The number of nitrogens with zero attached hydrogens (tertiary/aromatic N) is 6. The van der Waals surface area contributed by atoms with Crippen LogP contribution in [0.25, 0.3) is 17.2 Å². The number of aromatic nitrogens is 6. The number of hydrogen-bond donors (Lipinski definition) is 0. The second kappa shape index (κ2) is 6.52. The molecular formula is C16H14N6O2S. The molecule has 0 aliphatic carbocycles. The molecular weight excluding hydrogens is 340 g/mol. The fourth-order valence-electron chi connectivity index (χ4n) is 2.22. The molecule has 0 N–H and O–H groups in total. The lowest BCUT2D eigenvalue weighted by atomic mass is 10.2. The molecule has 0 fully saturated rings. The minimum Gasteiger partial charge on any atom is -0.497 e. The molecule has 3 aromatic heterocycles. The summed E-state index contributed by atoms with van der Waals surface area (Å²) >= 11 is 1.44. The highest BCUT2D eigenvalue weighted by Gasteiger charge is 2.18. The molecule has 8 nitrogen and oxygen atoms in total. The average Bonchev–Trinajstić information content (AvgIpc) is 3.28. The average molecular weight is 354 g/mol. The molecule has 0 bridgehead atoms. The van der Waals surface area contributed by atoms with Gasteiger partial charge in [-0.1, -0.05) is 11.8 Å². The molecule has 3 heterocycles. The molecule has 0 unspecified atom stereocenters. The van der Waals surface area contributed by atoms with E-state index < -0.39 is 0 Å². The number of rotatable bonds is 5. The lowest BCUT2D eigenvalue weighted by Gasteiger charge is -2.02. The molecule has 0 saturated carbocycles. The zero-order chi connectivity index (χ0) is 17.2. The Morgan fingerprint density at radius 2 is 2.04 bits per heavy atom. The van der Waals surface area contributed by atoms with Gasteiger partial charge in [-0.15, -0.1) is 15.3 Å². The molecule has 0 spiro atoms. The molecule has 4 rings (SSSR count). The third kappa shape index (κ3) is 3.18. The van der Waals surface area contributed by atoms with Gasteiger partial charge in [-0.25, -0.2) is 9.50 Å². The molecule has 1 atom stereocenters. The second-order valence-corrected chi connectivity index (χ2v) is 6.50. The predicted molar refractivity (Wildman–Crippen MR) is 91.3 cm³/mol. The SMILES string of the molecule is COc1ccc(-c2nnc([C@@H](C)Sc3nc4ncccn4n3)o2)cc1. The Hall–Kier alpha value is -2.94. The summed E-state index contributed by atoms with van der Waals surface area (Å²) in [6.07, 6.45) is 3.49. The van der Waals surface area contributed by atoms with Gasteiger partial charge >= 0.3 is 0 Å². The first-order chi connectivity index (χ1) is 12.2. The molecule has 0 amide bonds. The van der Waals surface area contributed by atoms with E-state index in [4.69, 9.17) is 9.15 Å². The van der Waals surface area contributed by atoms with Crippen LogP contribution in [0.1, 0.15) is 18.1 Å². The first kappa shape index (κ1) is 15.6. The minimum atomic E-state index is -0.0862. The monoisotopic (exact) mass is 354 g/mol. The zero-order valence-electron chi connectivity index (χ0n) is 13.5. The number of thioether (sulfide) groups is 1. The Bertz CT molecular complexity index is 964. The molecule has 126 valence electrons. The van der Waals surface area contributed by atoms with Crippen molar-refractivity contribution in [2.45, 2.75) is 17.3 Å². The largest absolute Gasteiger partial charge is 0.497 e. The number of benzene rings is 1. The van der Waals surface area contributed by atoms with Gasteiger partial charge in [0.05, 0.1) is 12.4 Å². The lowest BCUT2D eigenvalue weighted by Crippen LogP contribution is -1.90. The van der Waals surface area contributed by atoms with Gasteiger partial charge in [0.15, 0.2) is 0 Å². The second-order valence-electron chi connectivity index (χ2n) is 5.19. The third-order valence-corrected chi connectivity index (χ3v) is 4.44. The van der Waals surface area contributed by atoms with Gasteiger partial charge in [-0.05, 0) is 37.3 Å². The molecule has 9 heteroatoms. The molecule has 25 heavy (non-hydrogen) atoms. The Balaban J connectivity index is 1.52. The zero-order valence-corrected chi connectivity index (χ0v) is 14.3. The smallest absolute Gasteiger partial charge is 0.253 e. The van der Waals surface area contributed by atoms with E-state index in [1.807, 2.05) is 31.2 Å². The predicted octanol–water partition coefficient (Wildman–Crippen LogP) is 3.04. The van der Waals surface area contributed by atoms with Crippen LogP contribution in [0.3, 0.4) is 0 Å². The number of methoxy groups -OCH3 is 1. The first-order valence-electron chi connectivity index (χ1n) is 7.55. The van der Waals surface area contributed by atoms with Crippen molar-refractivity contribution in [2.24, 2.45) is 0 Å². The maximum Gasteiger partial charge on any atom is 0.253 e. The number of hydrogen-bond acceptors (Lipinski definition) is 8. The summed E-state index contributed by atoms with van der Waals surface area (Å²) < 4.78 is 12.6. The highest BCUT2D eigenvalue weighted by atomic mass is 32.2. The van der Waals surface area contributed by atoms with Crippen LogP contribution in [0, 0.1) is 0 Å². The van der Waals surface area contributed by atoms with Crippen molar-refractivity contribution in [2.75, 3.05) is 7.11 Å². The van der Waals surface area contributed by atoms with Crippen LogP contribution >= 0.6 is 11.8 Å². The van der Waals surface area contributed by atoms with E-state index in [2.05, 4.69) is 25.3 Å². The quantitative estimate of drug-likeness (QED) is 0.505. The van der Waals surface area contributed by atoms with Crippen molar-refractivity contribution >= 4 is 17.5 Å². The molecule has 0 aliphatic heterocycles. The summed E-state index contributed by atoms with van der Waals surface area (Å²) in [7, 11) is 1.63. The van der Waals surface area contributed by atoms with Crippen LogP contribution in [0.5, 0.6) is 5.75 Å². The molecule has 1 aromatic carbocycles. The van der Waals surface area contributed by atoms with Gasteiger partial charge in [-0.3, -0.25) is 0 Å². The molecule has 4 aromatic rings. The van der Waals surface area contributed by atoms with Crippen LogP contribution in [0.15, 0.2) is 52.3 Å². The van der Waals surface area contributed by atoms with Crippen LogP contribution in [0.2, 0.25) is 0 Å². The first-order valence-corrected chi connectivity index (χ1v) is 8.43. The standard InChI is InChI=1S/C16H14N6O2S/c1-10(25-16-18-15-17-8-3-9-22(15)21-16)13-19-20-14(24-13)11-4-6-12(23-2)7-5-11/h3-10H,1-2H3/t10-/m1/s1. The topological polar surface area (TPSA) is 91.2 Å². The Morgan fingerprint density at radius 3 is 2.80 bits per heavy atom. The van der Waals surface area contributed by atoms with Crippen molar-refractivity contribution < 1.29 is 9.15 Å². The van der Waals surface area contributed by atoms with E-state index in [1.54, 1.807) is 30.1 Å². The van der Waals surface area contributed by atoms with E-state index in [0.29, 0.717) is 22.7 Å². The summed E-state index contributed by atoms with van der Waals surface area (Å²) in [6, 6.07) is 9.27. The Kier molecular flexibility index (Phi) is 4.06. The number of fused-ring (bicyclic) bond motifs is 1. The fourth-order valence-corrected chi connectivity index (χ4v) is 3.00. The molecule has 0 radical (unpaired) electrons. The summed E-state index contributed by atoms with van der Waals surface area (Å²) in [5.41, 5.74) is 0.840. The van der Waals surface area contributed by atoms with Gasteiger partial charge < -0.3 is 9.15 Å². The van der Waals surface area contributed by atoms with Gasteiger partial charge in [-0.2, -0.15) is 4.98 Å². The maximum atomic E-state index is 5.79.